The first-order valence-electron chi connectivity index (χ1n) is 6.13. The number of hydrogen-bond donors (Lipinski definition) is 1. The summed E-state index contributed by atoms with van der Waals surface area (Å²) in [7, 11) is -3.85. The number of carboxylic acids is 1. The minimum Gasteiger partial charge on any atom is -0.480 e. The average molecular weight is 294 g/mol. The third kappa shape index (κ3) is 2.40. The van der Waals surface area contributed by atoms with Gasteiger partial charge >= 0.3 is 5.97 Å². The second-order valence-electron chi connectivity index (χ2n) is 4.70. The van der Waals surface area contributed by atoms with Crippen LogP contribution < -0.4 is 0 Å². The van der Waals surface area contributed by atoms with Crippen LogP contribution in [0.15, 0.2) is 23.1 Å². The zero-order valence-electron chi connectivity index (χ0n) is 10.9. The molecular formula is C13H14N2O4S. The van der Waals surface area contributed by atoms with E-state index in [1.54, 1.807) is 6.92 Å². The Kier molecular flexibility index (Phi) is 3.79. The first kappa shape index (κ1) is 14.5. The summed E-state index contributed by atoms with van der Waals surface area (Å²) in [6.07, 6.45) is 0.857. The molecule has 1 heterocycles. The molecule has 1 fully saturated rings. The highest BCUT2D eigenvalue weighted by atomic mass is 32.2. The number of carboxylic acid groups (broad SMARTS) is 1. The number of nitrogens with zero attached hydrogens (tertiary/aromatic N) is 2. The second kappa shape index (κ2) is 5.23. The molecule has 0 amide bonds. The Morgan fingerprint density at radius 1 is 1.50 bits per heavy atom. The number of benzene rings is 1. The van der Waals surface area contributed by atoms with Crippen LogP contribution >= 0.6 is 0 Å². The molecule has 7 heteroatoms. The predicted octanol–water partition coefficient (Wildman–Crippen LogP) is 1.10. The van der Waals surface area contributed by atoms with Gasteiger partial charge in [0.05, 0.1) is 16.5 Å². The molecule has 0 spiro atoms. The lowest BCUT2D eigenvalue weighted by Crippen LogP contribution is -2.40. The molecule has 1 atom stereocenters. The van der Waals surface area contributed by atoms with Crippen LogP contribution in [0.1, 0.15) is 24.0 Å². The highest BCUT2D eigenvalue weighted by molar-refractivity contribution is 7.89. The summed E-state index contributed by atoms with van der Waals surface area (Å²) in [5.41, 5.74) is 0.817. The van der Waals surface area contributed by atoms with Gasteiger partial charge in [-0.2, -0.15) is 9.57 Å². The predicted molar refractivity (Wildman–Crippen MR) is 70.4 cm³/mol. The number of nitriles is 1. The van der Waals surface area contributed by atoms with Crippen molar-refractivity contribution in [3.8, 4) is 6.07 Å². The molecule has 1 N–H and O–H groups in total. The Hall–Kier alpha value is -1.91. The molecule has 106 valence electrons. The van der Waals surface area contributed by atoms with Crippen molar-refractivity contribution in [2.75, 3.05) is 6.54 Å². The Morgan fingerprint density at radius 2 is 2.20 bits per heavy atom. The Bertz CT molecular complexity index is 691. The molecule has 0 bridgehead atoms. The molecule has 0 saturated carbocycles. The van der Waals surface area contributed by atoms with Gasteiger partial charge in [-0.05, 0) is 43.5 Å². The van der Waals surface area contributed by atoms with Gasteiger partial charge in [0.25, 0.3) is 0 Å². The Balaban J connectivity index is 2.46. The van der Waals surface area contributed by atoms with E-state index in [-0.39, 0.29) is 11.4 Å². The fourth-order valence-electron chi connectivity index (χ4n) is 2.41. The van der Waals surface area contributed by atoms with Gasteiger partial charge < -0.3 is 5.11 Å². The van der Waals surface area contributed by atoms with Crippen LogP contribution in [0, 0.1) is 18.3 Å². The lowest BCUT2D eigenvalue weighted by atomic mass is 10.2. The Labute approximate surface area is 117 Å². The van der Waals surface area contributed by atoms with Crippen LogP contribution in [-0.4, -0.2) is 36.4 Å². The van der Waals surface area contributed by atoms with E-state index in [1.807, 2.05) is 6.07 Å². The first-order valence-corrected chi connectivity index (χ1v) is 7.57. The minimum absolute atomic E-state index is 0.0599. The van der Waals surface area contributed by atoms with Gasteiger partial charge in [0.2, 0.25) is 10.0 Å². The number of hydrogen-bond acceptors (Lipinski definition) is 4. The van der Waals surface area contributed by atoms with Crippen molar-refractivity contribution in [1.82, 2.24) is 4.31 Å². The van der Waals surface area contributed by atoms with E-state index in [4.69, 9.17) is 10.4 Å². The van der Waals surface area contributed by atoms with E-state index in [1.165, 1.54) is 18.2 Å². The normalized spacial score (nSPS) is 19.7. The molecule has 1 aliphatic heterocycles. The van der Waals surface area contributed by atoms with E-state index >= 15 is 0 Å². The molecular weight excluding hydrogens is 280 g/mol. The van der Waals surface area contributed by atoms with Crippen LogP contribution in [0.4, 0.5) is 0 Å². The van der Waals surface area contributed by atoms with Crippen molar-refractivity contribution in [2.45, 2.75) is 30.7 Å². The van der Waals surface area contributed by atoms with Gasteiger partial charge in [-0.25, -0.2) is 8.42 Å². The van der Waals surface area contributed by atoms with E-state index in [0.29, 0.717) is 24.0 Å². The fourth-order valence-corrected chi connectivity index (χ4v) is 4.27. The molecule has 1 saturated heterocycles. The maximum Gasteiger partial charge on any atom is 0.322 e. The first-order chi connectivity index (χ1) is 9.37. The average Bonchev–Trinajstić information content (AvgIpc) is 2.88. The van der Waals surface area contributed by atoms with E-state index in [0.717, 1.165) is 4.31 Å². The molecule has 1 unspecified atom stereocenters. The molecule has 0 radical (unpaired) electrons. The zero-order chi connectivity index (χ0) is 14.9. The van der Waals surface area contributed by atoms with Gasteiger partial charge in [-0.3, -0.25) is 4.79 Å². The molecule has 1 aliphatic rings. The minimum atomic E-state index is -3.85. The van der Waals surface area contributed by atoms with Gasteiger partial charge in [0.15, 0.2) is 0 Å². The molecule has 2 rings (SSSR count). The van der Waals surface area contributed by atoms with Crippen molar-refractivity contribution in [2.24, 2.45) is 0 Å². The van der Waals surface area contributed by atoms with Crippen LogP contribution in [0.5, 0.6) is 0 Å². The van der Waals surface area contributed by atoms with E-state index < -0.39 is 22.0 Å². The Morgan fingerprint density at radius 3 is 2.75 bits per heavy atom. The fraction of sp³-hybridized carbons (Fsp3) is 0.385. The lowest BCUT2D eigenvalue weighted by molar-refractivity contribution is -0.140. The van der Waals surface area contributed by atoms with Crippen LogP contribution in [0.3, 0.4) is 0 Å². The molecule has 0 aromatic heterocycles. The van der Waals surface area contributed by atoms with Crippen molar-refractivity contribution >= 4 is 16.0 Å². The third-order valence-electron chi connectivity index (χ3n) is 3.38. The standard InChI is InChI=1S/C13H14N2O4S/c1-9-7-10(8-14)4-5-12(9)20(18,19)15-6-2-3-11(15)13(16)17/h4-5,7,11H,2-3,6H2,1H3,(H,16,17). The number of carbonyl (C=O) groups is 1. The molecule has 20 heavy (non-hydrogen) atoms. The molecule has 0 aliphatic carbocycles. The largest absolute Gasteiger partial charge is 0.480 e. The van der Waals surface area contributed by atoms with Gasteiger partial charge in [0.1, 0.15) is 6.04 Å². The smallest absolute Gasteiger partial charge is 0.322 e. The SMILES string of the molecule is Cc1cc(C#N)ccc1S(=O)(=O)N1CCCC1C(=O)O. The van der Waals surface area contributed by atoms with Crippen molar-refractivity contribution in [3.05, 3.63) is 29.3 Å². The highest BCUT2D eigenvalue weighted by Gasteiger charge is 2.39. The van der Waals surface area contributed by atoms with Crippen LogP contribution in [0.2, 0.25) is 0 Å². The van der Waals surface area contributed by atoms with Crippen molar-refractivity contribution < 1.29 is 18.3 Å². The third-order valence-corrected chi connectivity index (χ3v) is 5.45. The van der Waals surface area contributed by atoms with Gasteiger partial charge in [-0.1, -0.05) is 0 Å². The number of aryl methyl sites for hydroxylation is 1. The topological polar surface area (TPSA) is 98.5 Å². The molecule has 1 aromatic carbocycles. The maximum absolute atomic E-state index is 12.5. The number of aliphatic carboxylic acids is 1. The number of sulfonamides is 1. The summed E-state index contributed by atoms with van der Waals surface area (Å²) in [5.74, 6) is -1.13. The number of rotatable bonds is 3. The summed E-state index contributed by atoms with van der Waals surface area (Å²) < 4.78 is 26.1. The summed E-state index contributed by atoms with van der Waals surface area (Å²) in [5, 5.41) is 17.9. The van der Waals surface area contributed by atoms with Crippen molar-refractivity contribution in [3.63, 3.8) is 0 Å². The highest BCUT2D eigenvalue weighted by Crippen LogP contribution is 2.28. The van der Waals surface area contributed by atoms with E-state index in [2.05, 4.69) is 0 Å². The summed E-state index contributed by atoms with van der Waals surface area (Å²) in [6.45, 7) is 1.80. The van der Waals surface area contributed by atoms with Gasteiger partial charge in [0, 0.05) is 6.54 Å². The van der Waals surface area contributed by atoms with Crippen LogP contribution in [-0.2, 0) is 14.8 Å². The summed E-state index contributed by atoms with van der Waals surface area (Å²) >= 11 is 0. The van der Waals surface area contributed by atoms with E-state index in [9.17, 15) is 13.2 Å². The molecule has 6 nitrogen and oxygen atoms in total. The maximum atomic E-state index is 12.5. The lowest BCUT2D eigenvalue weighted by Gasteiger charge is -2.22. The quantitative estimate of drug-likeness (QED) is 0.900. The van der Waals surface area contributed by atoms with Crippen molar-refractivity contribution in [1.29, 1.82) is 5.26 Å². The monoisotopic (exact) mass is 294 g/mol. The second-order valence-corrected chi connectivity index (χ2v) is 6.56. The summed E-state index contributed by atoms with van der Waals surface area (Å²) in [6, 6.07) is 5.20. The van der Waals surface area contributed by atoms with Gasteiger partial charge in [-0.15, -0.1) is 0 Å². The van der Waals surface area contributed by atoms with Crippen LogP contribution in [0.25, 0.3) is 0 Å². The summed E-state index contributed by atoms with van der Waals surface area (Å²) in [4.78, 5) is 11.2. The zero-order valence-corrected chi connectivity index (χ0v) is 11.7. The molecule has 1 aromatic rings.